The number of halogens is 3. The van der Waals surface area contributed by atoms with Gasteiger partial charge in [0.05, 0.1) is 6.20 Å². The predicted octanol–water partition coefficient (Wildman–Crippen LogP) is 1.94. The first kappa shape index (κ1) is 20.8. The van der Waals surface area contributed by atoms with Crippen LogP contribution in [0.3, 0.4) is 0 Å². The molecule has 144 valence electrons. The van der Waals surface area contributed by atoms with Gasteiger partial charge in [-0.25, -0.2) is 17.2 Å². The molecule has 6 nitrogen and oxygen atoms in total. The zero-order chi connectivity index (χ0) is 18.2. The third-order valence-corrected chi connectivity index (χ3v) is 6.49. The van der Waals surface area contributed by atoms with Gasteiger partial charge in [0.25, 0.3) is 0 Å². The van der Waals surface area contributed by atoms with Crippen molar-refractivity contribution in [2.24, 2.45) is 7.05 Å². The van der Waals surface area contributed by atoms with Crippen molar-refractivity contribution in [1.82, 2.24) is 19.0 Å². The normalized spacial score (nSPS) is 16.5. The van der Waals surface area contributed by atoms with Gasteiger partial charge >= 0.3 is 0 Å². The lowest BCUT2D eigenvalue weighted by Gasteiger charge is -2.33. The van der Waals surface area contributed by atoms with Gasteiger partial charge in [0.1, 0.15) is 16.5 Å². The van der Waals surface area contributed by atoms with E-state index in [9.17, 15) is 17.2 Å². The fraction of sp³-hybridized carbons (Fsp3) is 0.438. The van der Waals surface area contributed by atoms with Gasteiger partial charge in [-0.2, -0.15) is 9.40 Å². The molecule has 1 aromatic heterocycles. The molecule has 0 spiro atoms. The van der Waals surface area contributed by atoms with Crippen LogP contribution in [0, 0.1) is 18.6 Å². The molecule has 1 aliphatic rings. The Morgan fingerprint density at radius 3 is 2.38 bits per heavy atom. The molecule has 0 bridgehead atoms. The van der Waals surface area contributed by atoms with Crippen LogP contribution < -0.4 is 0 Å². The van der Waals surface area contributed by atoms with Crippen molar-refractivity contribution in [1.29, 1.82) is 0 Å². The number of hydrogen-bond donors (Lipinski definition) is 0. The van der Waals surface area contributed by atoms with Crippen molar-refractivity contribution in [3.8, 4) is 0 Å². The number of aryl methyl sites for hydroxylation is 1. The van der Waals surface area contributed by atoms with E-state index in [0.29, 0.717) is 19.6 Å². The van der Waals surface area contributed by atoms with E-state index in [1.807, 2.05) is 14.0 Å². The zero-order valence-electron chi connectivity index (χ0n) is 14.5. The summed E-state index contributed by atoms with van der Waals surface area (Å²) >= 11 is 0. The van der Waals surface area contributed by atoms with Crippen LogP contribution in [-0.4, -0.2) is 53.6 Å². The van der Waals surface area contributed by atoms with Crippen LogP contribution in [0.5, 0.6) is 0 Å². The summed E-state index contributed by atoms with van der Waals surface area (Å²) in [6.45, 7) is 4.17. The first-order chi connectivity index (χ1) is 11.8. The number of benzene rings is 1. The minimum absolute atomic E-state index is 0. The number of hydrogen-bond acceptors (Lipinski definition) is 4. The SMILES string of the molecule is Cc1c(CN2CCN(S(=O)(=O)c3cc(F)ccc3F)CC2)cnn1C.Cl. The average molecular weight is 407 g/mol. The van der Waals surface area contributed by atoms with Crippen molar-refractivity contribution in [3.63, 3.8) is 0 Å². The molecule has 0 atom stereocenters. The lowest BCUT2D eigenvalue weighted by molar-refractivity contribution is 0.181. The van der Waals surface area contributed by atoms with Gasteiger partial charge in [-0.1, -0.05) is 0 Å². The minimum atomic E-state index is -4.04. The Morgan fingerprint density at radius 1 is 1.15 bits per heavy atom. The molecule has 3 rings (SSSR count). The topological polar surface area (TPSA) is 58.4 Å². The molecule has 26 heavy (non-hydrogen) atoms. The van der Waals surface area contributed by atoms with Gasteiger partial charge in [0.15, 0.2) is 0 Å². The van der Waals surface area contributed by atoms with Crippen LogP contribution in [0.15, 0.2) is 29.3 Å². The third kappa shape index (κ3) is 4.06. The lowest BCUT2D eigenvalue weighted by Crippen LogP contribution is -2.48. The van der Waals surface area contributed by atoms with Crippen molar-refractivity contribution in [3.05, 3.63) is 47.3 Å². The van der Waals surface area contributed by atoms with Gasteiger partial charge in [-0.15, -0.1) is 12.4 Å². The summed E-state index contributed by atoms with van der Waals surface area (Å²) in [5, 5.41) is 4.20. The molecule has 10 heteroatoms. The molecule has 2 heterocycles. The molecule has 1 fully saturated rings. The Hall–Kier alpha value is -1.55. The number of sulfonamides is 1. The van der Waals surface area contributed by atoms with Crippen LogP contribution in [0.1, 0.15) is 11.3 Å². The standard InChI is InChI=1S/C16H20F2N4O2S.ClH/c1-12-13(10-19-20(12)2)11-21-5-7-22(8-6-21)25(23,24)16-9-14(17)3-4-15(16)18;/h3-4,9-10H,5-8,11H2,1-2H3;1H. The van der Waals surface area contributed by atoms with E-state index >= 15 is 0 Å². The molecule has 0 amide bonds. The van der Waals surface area contributed by atoms with E-state index < -0.39 is 26.6 Å². The van der Waals surface area contributed by atoms with E-state index in [2.05, 4.69) is 10.00 Å². The Labute approximate surface area is 157 Å². The number of piperazine rings is 1. The highest BCUT2D eigenvalue weighted by Crippen LogP contribution is 2.22. The second-order valence-corrected chi connectivity index (χ2v) is 8.04. The molecule has 1 aliphatic heterocycles. The molecule has 1 saturated heterocycles. The van der Waals surface area contributed by atoms with E-state index in [1.54, 1.807) is 10.9 Å². The maximum atomic E-state index is 13.8. The average Bonchev–Trinajstić information content (AvgIpc) is 2.89. The van der Waals surface area contributed by atoms with E-state index in [-0.39, 0.29) is 25.5 Å². The Bertz CT molecular complexity index is 880. The van der Waals surface area contributed by atoms with Crippen molar-refractivity contribution in [2.45, 2.75) is 18.4 Å². The molecular formula is C16H21ClF2N4O2S. The first-order valence-electron chi connectivity index (χ1n) is 7.94. The molecule has 0 N–H and O–H groups in total. The minimum Gasteiger partial charge on any atom is -0.296 e. The quantitative estimate of drug-likeness (QED) is 0.778. The lowest BCUT2D eigenvalue weighted by atomic mass is 10.2. The van der Waals surface area contributed by atoms with Crippen LogP contribution in [-0.2, 0) is 23.6 Å². The number of rotatable bonds is 4. The highest BCUT2D eigenvalue weighted by molar-refractivity contribution is 7.89. The van der Waals surface area contributed by atoms with Crippen LogP contribution in [0.4, 0.5) is 8.78 Å². The molecule has 1 aromatic carbocycles. The van der Waals surface area contributed by atoms with Gasteiger partial charge in [-0.05, 0) is 25.1 Å². The summed E-state index contributed by atoms with van der Waals surface area (Å²) < 4.78 is 55.3. The van der Waals surface area contributed by atoms with Crippen LogP contribution in [0.2, 0.25) is 0 Å². The highest BCUT2D eigenvalue weighted by Gasteiger charge is 2.31. The Morgan fingerprint density at radius 2 is 1.81 bits per heavy atom. The summed E-state index contributed by atoms with van der Waals surface area (Å²) in [5.41, 5.74) is 2.16. The fourth-order valence-electron chi connectivity index (χ4n) is 2.88. The maximum Gasteiger partial charge on any atom is 0.246 e. The van der Waals surface area contributed by atoms with Crippen molar-refractivity contribution < 1.29 is 17.2 Å². The largest absolute Gasteiger partial charge is 0.296 e. The highest BCUT2D eigenvalue weighted by atomic mass is 35.5. The van der Waals surface area contributed by atoms with Gasteiger partial charge in [0.2, 0.25) is 10.0 Å². The first-order valence-corrected chi connectivity index (χ1v) is 9.38. The van der Waals surface area contributed by atoms with Crippen molar-refractivity contribution >= 4 is 22.4 Å². The summed E-state index contributed by atoms with van der Waals surface area (Å²) in [7, 11) is -2.17. The monoisotopic (exact) mass is 406 g/mol. The number of aromatic nitrogens is 2. The smallest absolute Gasteiger partial charge is 0.246 e. The zero-order valence-corrected chi connectivity index (χ0v) is 16.2. The van der Waals surface area contributed by atoms with E-state index in [0.717, 1.165) is 29.5 Å². The third-order valence-electron chi connectivity index (χ3n) is 4.57. The number of nitrogens with zero attached hydrogens (tertiary/aromatic N) is 4. The maximum absolute atomic E-state index is 13.8. The summed E-state index contributed by atoms with van der Waals surface area (Å²) in [6.07, 6.45) is 1.81. The van der Waals surface area contributed by atoms with Crippen LogP contribution >= 0.6 is 12.4 Å². The van der Waals surface area contributed by atoms with E-state index in [4.69, 9.17) is 0 Å². The second-order valence-electron chi connectivity index (χ2n) is 6.13. The summed E-state index contributed by atoms with van der Waals surface area (Å²) in [4.78, 5) is 1.52. The van der Waals surface area contributed by atoms with Crippen molar-refractivity contribution in [2.75, 3.05) is 26.2 Å². The molecular weight excluding hydrogens is 386 g/mol. The second kappa shape index (κ2) is 7.99. The molecule has 0 unspecified atom stereocenters. The molecule has 0 radical (unpaired) electrons. The molecule has 2 aromatic rings. The van der Waals surface area contributed by atoms with Crippen LogP contribution in [0.25, 0.3) is 0 Å². The van der Waals surface area contributed by atoms with Gasteiger partial charge in [-0.3, -0.25) is 9.58 Å². The summed E-state index contributed by atoms with van der Waals surface area (Å²) in [6, 6.07) is 2.47. The summed E-state index contributed by atoms with van der Waals surface area (Å²) in [5.74, 6) is -1.71. The Balaban J connectivity index is 0.00000243. The molecule has 0 saturated carbocycles. The Kier molecular flexibility index (Phi) is 6.38. The fourth-order valence-corrected chi connectivity index (χ4v) is 4.38. The predicted molar refractivity (Wildman–Crippen MR) is 95.6 cm³/mol. The molecule has 0 aliphatic carbocycles. The van der Waals surface area contributed by atoms with Gasteiger partial charge in [0, 0.05) is 51.0 Å². The van der Waals surface area contributed by atoms with Gasteiger partial charge < -0.3 is 0 Å². The van der Waals surface area contributed by atoms with E-state index in [1.165, 1.54) is 4.31 Å².